The number of hydrogen-bond donors (Lipinski definition) is 2. The number of rotatable bonds is 0. The Hall–Kier alpha value is -1.36. The predicted octanol–water partition coefficient (Wildman–Crippen LogP) is -0.329. The molecule has 2 rings (SSSR count). The summed E-state index contributed by atoms with van der Waals surface area (Å²) < 4.78 is 5.11. The Morgan fingerprint density at radius 3 is 2.82 bits per heavy atom. The molecule has 1 aromatic rings. The van der Waals surface area contributed by atoms with Gasteiger partial charge in [0.05, 0.1) is 18.9 Å². The lowest BCUT2D eigenvalue weighted by Crippen LogP contribution is -2.04. The van der Waals surface area contributed by atoms with Gasteiger partial charge in [-0.25, -0.2) is 4.98 Å². The Balaban J connectivity index is 2.60. The minimum absolute atomic E-state index is 0.215. The van der Waals surface area contributed by atoms with Crippen molar-refractivity contribution in [2.75, 3.05) is 11.5 Å². The molecule has 1 aromatic heterocycles. The molecule has 0 atom stereocenters. The number of hydrogen-bond acceptors (Lipinski definition) is 5. The van der Waals surface area contributed by atoms with Crippen molar-refractivity contribution in [1.82, 2.24) is 9.97 Å². The van der Waals surface area contributed by atoms with Gasteiger partial charge in [-0.1, -0.05) is 0 Å². The molecule has 2 heterocycles. The molecule has 5 heteroatoms. The van der Waals surface area contributed by atoms with Crippen molar-refractivity contribution < 1.29 is 4.74 Å². The highest BCUT2D eigenvalue weighted by Gasteiger charge is 2.16. The summed E-state index contributed by atoms with van der Waals surface area (Å²) in [4.78, 5) is 7.79. The molecule has 1 aliphatic heterocycles. The van der Waals surface area contributed by atoms with Crippen molar-refractivity contribution in [1.29, 1.82) is 0 Å². The third-order valence-corrected chi connectivity index (χ3v) is 1.63. The summed E-state index contributed by atoms with van der Waals surface area (Å²) in [7, 11) is 0. The normalized spacial score (nSPS) is 14.9. The molecule has 58 valence electrons. The van der Waals surface area contributed by atoms with Crippen molar-refractivity contribution >= 4 is 11.8 Å². The average Bonchev–Trinajstić information content (AvgIpc) is 2.34. The first-order chi connectivity index (χ1) is 5.27. The van der Waals surface area contributed by atoms with Crippen molar-refractivity contribution in [2.45, 2.75) is 13.2 Å². The van der Waals surface area contributed by atoms with Gasteiger partial charge in [-0.2, -0.15) is 4.98 Å². The fourth-order valence-electron chi connectivity index (χ4n) is 1.10. The average molecular weight is 152 g/mol. The van der Waals surface area contributed by atoms with E-state index in [2.05, 4.69) is 9.97 Å². The molecule has 0 radical (unpaired) electrons. The van der Waals surface area contributed by atoms with Gasteiger partial charge < -0.3 is 16.2 Å². The number of anilines is 2. The number of nitrogen functional groups attached to an aromatic ring is 2. The van der Waals surface area contributed by atoms with Crippen LogP contribution in [0.1, 0.15) is 11.3 Å². The zero-order chi connectivity index (χ0) is 7.84. The van der Waals surface area contributed by atoms with E-state index in [9.17, 15) is 0 Å². The van der Waals surface area contributed by atoms with Crippen LogP contribution < -0.4 is 11.5 Å². The standard InChI is InChI=1S/C6H8N4O/c7-5-3-1-11-2-4(3)9-6(8)10-5/h1-2H2,(H4,7,8,9,10). The molecule has 0 unspecified atom stereocenters. The molecule has 4 N–H and O–H groups in total. The van der Waals surface area contributed by atoms with Gasteiger partial charge in [0.1, 0.15) is 5.82 Å². The largest absolute Gasteiger partial charge is 0.383 e. The first-order valence-electron chi connectivity index (χ1n) is 3.26. The molecule has 1 aliphatic rings. The minimum Gasteiger partial charge on any atom is -0.383 e. The van der Waals surface area contributed by atoms with E-state index in [1.54, 1.807) is 0 Å². The van der Waals surface area contributed by atoms with Crippen LogP contribution in [0.25, 0.3) is 0 Å². The van der Waals surface area contributed by atoms with Crippen LogP contribution in [0.2, 0.25) is 0 Å². The van der Waals surface area contributed by atoms with E-state index in [1.165, 1.54) is 0 Å². The highest BCUT2D eigenvalue weighted by Crippen LogP contribution is 2.22. The quantitative estimate of drug-likeness (QED) is 0.531. The number of fused-ring (bicyclic) bond motifs is 1. The van der Waals surface area contributed by atoms with E-state index in [-0.39, 0.29) is 5.95 Å². The van der Waals surface area contributed by atoms with Crippen LogP contribution >= 0.6 is 0 Å². The van der Waals surface area contributed by atoms with E-state index in [0.29, 0.717) is 19.0 Å². The first kappa shape index (κ1) is 6.36. The van der Waals surface area contributed by atoms with E-state index in [0.717, 1.165) is 11.3 Å². The molecular weight excluding hydrogens is 144 g/mol. The topological polar surface area (TPSA) is 87.0 Å². The van der Waals surface area contributed by atoms with Gasteiger partial charge in [0.15, 0.2) is 0 Å². The lowest BCUT2D eigenvalue weighted by molar-refractivity contribution is 0.133. The van der Waals surface area contributed by atoms with Crippen LogP contribution in [-0.4, -0.2) is 9.97 Å². The van der Waals surface area contributed by atoms with E-state index >= 15 is 0 Å². The fourth-order valence-corrected chi connectivity index (χ4v) is 1.10. The van der Waals surface area contributed by atoms with Gasteiger partial charge in [-0.15, -0.1) is 0 Å². The lowest BCUT2D eigenvalue weighted by Gasteiger charge is -1.99. The Morgan fingerprint density at radius 2 is 2.00 bits per heavy atom. The second kappa shape index (κ2) is 2.06. The number of ether oxygens (including phenoxy) is 1. The molecule has 0 aromatic carbocycles. The minimum atomic E-state index is 0.215. The second-order valence-corrected chi connectivity index (χ2v) is 2.39. The van der Waals surface area contributed by atoms with Crippen LogP contribution in [0, 0.1) is 0 Å². The van der Waals surface area contributed by atoms with E-state index in [4.69, 9.17) is 16.2 Å². The Kier molecular flexibility index (Phi) is 1.19. The monoisotopic (exact) mass is 152 g/mol. The van der Waals surface area contributed by atoms with E-state index in [1.807, 2.05) is 0 Å². The van der Waals surface area contributed by atoms with Gasteiger partial charge in [-0.3, -0.25) is 0 Å². The van der Waals surface area contributed by atoms with Crippen LogP contribution in [0.4, 0.5) is 11.8 Å². The first-order valence-corrected chi connectivity index (χ1v) is 3.26. The molecule has 0 bridgehead atoms. The zero-order valence-electron chi connectivity index (χ0n) is 5.87. The van der Waals surface area contributed by atoms with Crippen molar-refractivity contribution in [3.8, 4) is 0 Å². The molecule has 0 saturated carbocycles. The van der Waals surface area contributed by atoms with E-state index < -0.39 is 0 Å². The van der Waals surface area contributed by atoms with Crippen molar-refractivity contribution in [3.05, 3.63) is 11.3 Å². The van der Waals surface area contributed by atoms with Gasteiger partial charge >= 0.3 is 0 Å². The third-order valence-electron chi connectivity index (χ3n) is 1.63. The molecule has 5 nitrogen and oxygen atoms in total. The summed E-state index contributed by atoms with van der Waals surface area (Å²) in [5, 5.41) is 0. The maximum absolute atomic E-state index is 5.56. The summed E-state index contributed by atoms with van der Waals surface area (Å²) in [6.07, 6.45) is 0. The van der Waals surface area contributed by atoms with Crippen LogP contribution in [0.5, 0.6) is 0 Å². The summed E-state index contributed by atoms with van der Waals surface area (Å²) in [6.45, 7) is 0.994. The fraction of sp³-hybridized carbons (Fsp3) is 0.333. The highest BCUT2D eigenvalue weighted by atomic mass is 16.5. The van der Waals surface area contributed by atoms with Crippen LogP contribution in [0.15, 0.2) is 0 Å². The van der Waals surface area contributed by atoms with Crippen molar-refractivity contribution in [2.24, 2.45) is 0 Å². The predicted molar refractivity (Wildman–Crippen MR) is 39.3 cm³/mol. The van der Waals surface area contributed by atoms with Gasteiger partial charge in [0.25, 0.3) is 0 Å². The molecule has 0 amide bonds. The van der Waals surface area contributed by atoms with Crippen LogP contribution in [0.3, 0.4) is 0 Å². The molecule has 0 fully saturated rings. The lowest BCUT2D eigenvalue weighted by atomic mass is 10.2. The third kappa shape index (κ3) is 0.894. The Morgan fingerprint density at radius 1 is 1.18 bits per heavy atom. The number of nitrogens with two attached hydrogens (primary N) is 2. The Labute approximate surface area is 63.4 Å². The SMILES string of the molecule is Nc1nc(N)c2c(n1)COC2. The summed E-state index contributed by atoms with van der Waals surface area (Å²) >= 11 is 0. The highest BCUT2D eigenvalue weighted by molar-refractivity contribution is 5.46. The molecule has 0 saturated heterocycles. The molecular formula is C6H8N4O. The van der Waals surface area contributed by atoms with Gasteiger partial charge in [0.2, 0.25) is 5.95 Å². The van der Waals surface area contributed by atoms with Gasteiger partial charge in [-0.05, 0) is 0 Å². The molecule has 0 aliphatic carbocycles. The van der Waals surface area contributed by atoms with Crippen LogP contribution in [-0.2, 0) is 18.0 Å². The molecule has 0 spiro atoms. The smallest absolute Gasteiger partial charge is 0.222 e. The number of nitrogens with zero attached hydrogens (tertiary/aromatic N) is 2. The van der Waals surface area contributed by atoms with Crippen molar-refractivity contribution in [3.63, 3.8) is 0 Å². The maximum Gasteiger partial charge on any atom is 0.222 e. The number of aromatic nitrogens is 2. The Bertz CT molecular complexity index is 299. The summed E-state index contributed by atoms with van der Waals surface area (Å²) in [5.41, 5.74) is 12.6. The maximum atomic E-state index is 5.56. The van der Waals surface area contributed by atoms with Gasteiger partial charge in [0, 0.05) is 5.56 Å². The molecule has 11 heavy (non-hydrogen) atoms. The summed E-state index contributed by atoms with van der Waals surface area (Å²) in [5.74, 6) is 0.650. The zero-order valence-corrected chi connectivity index (χ0v) is 5.87. The summed E-state index contributed by atoms with van der Waals surface area (Å²) in [6, 6.07) is 0. The second-order valence-electron chi connectivity index (χ2n) is 2.39.